The second-order valence-corrected chi connectivity index (χ2v) is 3.98. The molecule has 0 bridgehead atoms. The lowest BCUT2D eigenvalue weighted by molar-refractivity contribution is 0.0966. The molecule has 0 fully saturated rings. The van der Waals surface area contributed by atoms with E-state index in [9.17, 15) is 4.79 Å². The van der Waals surface area contributed by atoms with Gasteiger partial charge in [0.25, 0.3) is 5.91 Å². The second-order valence-electron chi connectivity index (χ2n) is 3.54. The highest BCUT2D eigenvalue weighted by Crippen LogP contribution is 2.27. The Morgan fingerprint density at radius 3 is 2.82 bits per heavy atom. The Bertz CT molecular complexity index is 537. The standard InChI is InChI=1S/C12H11ClN2O2/c1-15(12(16)11-3-2-6-17-11)10-7-8(13)4-5-9(10)14/h2-7H,14H2,1H3. The van der Waals surface area contributed by atoms with Crippen LogP contribution in [0.3, 0.4) is 0 Å². The van der Waals surface area contributed by atoms with Crippen molar-refractivity contribution in [3.05, 3.63) is 47.4 Å². The predicted octanol–water partition coefficient (Wildman–Crippen LogP) is 2.79. The minimum Gasteiger partial charge on any atom is -0.459 e. The van der Waals surface area contributed by atoms with E-state index < -0.39 is 0 Å². The van der Waals surface area contributed by atoms with Crippen molar-refractivity contribution in [2.45, 2.75) is 0 Å². The maximum absolute atomic E-state index is 12.0. The molecule has 0 spiro atoms. The van der Waals surface area contributed by atoms with Crippen LogP contribution in [0.4, 0.5) is 11.4 Å². The molecule has 0 saturated heterocycles. The number of nitrogens with two attached hydrogens (primary N) is 1. The van der Waals surface area contributed by atoms with Crippen molar-refractivity contribution in [2.75, 3.05) is 17.7 Å². The van der Waals surface area contributed by atoms with E-state index in [0.29, 0.717) is 16.4 Å². The normalized spacial score (nSPS) is 10.2. The lowest BCUT2D eigenvalue weighted by Gasteiger charge is -2.18. The molecule has 1 amide bonds. The summed E-state index contributed by atoms with van der Waals surface area (Å²) in [5.41, 5.74) is 6.84. The van der Waals surface area contributed by atoms with Gasteiger partial charge in [-0.25, -0.2) is 0 Å². The number of amides is 1. The summed E-state index contributed by atoms with van der Waals surface area (Å²) in [6.07, 6.45) is 1.45. The second kappa shape index (κ2) is 4.51. The fraction of sp³-hybridized carbons (Fsp3) is 0.0833. The zero-order valence-electron chi connectivity index (χ0n) is 9.18. The van der Waals surface area contributed by atoms with Crippen molar-refractivity contribution < 1.29 is 9.21 Å². The third-order valence-electron chi connectivity index (χ3n) is 2.39. The molecule has 0 aliphatic carbocycles. The summed E-state index contributed by atoms with van der Waals surface area (Å²) in [6, 6.07) is 8.22. The Kier molecular flexibility index (Phi) is 3.06. The number of hydrogen-bond donors (Lipinski definition) is 1. The zero-order valence-corrected chi connectivity index (χ0v) is 9.94. The fourth-order valence-electron chi connectivity index (χ4n) is 1.48. The third kappa shape index (κ3) is 2.26. The van der Waals surface area contributed by atoms with E-state index in [4.69, 9.17) is 21.8 Å². The molecule has 0 saturated carbocycles. The average Bonchev–Trinajstić information content (AvgIpc) is 2.84. The number of carbonyl (C=O) groups excluding carboxylic acids is 1. The molecular formula is C12H11ClN2O2. The molecule has 2 rings (SSSR count). The fourth-order valence-corrected chi connectivity index (χ4v) is 1.65. The molecule has 4 nitrogen and oxygen atoms in total. The van der Waals surface area contributed by atoms with E-state index in [1.54, 1.807) is 37.4 Å². The summed E-state index contributed by atoms with van der Waals surface area (Å²) in [5.74, 6) is -0.0177. The number of anilines is 2. The minimum atomic E-state index is -0.274. The molecular weight excluding hydrogens is 240 g/mol. The summed E-state index contributed by atoms with van der Waals surface area (Å²) < 4.78 is 5.04. The quantitative estimate of drug-likeness (QED) is 0.834. The highest BCUT2D eigenvalue weighted by atomic mass is 35.5. The molecule has 1 aromatic heterocycles. The molecule has 0 unspecified atom stereocenters. The van der Waals surface area contributed by atoms with Gasteiger partial charge in [0.05, 0.1) is 17.6 Å². The Morgan fingerprint density at radius 1 is 1.41 bits per heavy atom. The number of benzene rings is 1. The number of carbonyl (C=O) groups is 1. The van der Waals surface area contributed by atoms with E-state index in [-0.39, 0.29) is 11.7 Å². The van der Waals surface area contributed by atoms with Crippen LogP contribution >= 0.6 is 11.6 Å². The SMILES string of the molecule is CN(C(=O)c1ccco1)c1cc(Cl)ccc1N. The van der Waals surface area contributed by atoms with Crippen LogP contribution in [-0.2, 0) is 0 Å². The molecule has 0 aliphatic rings. The topological polar surface area (TPSA) is 59.5 Å². The molecule has 88 valence electrons. The van der Waals surface area contributed by atoms with Crippen molar-refractivity contribution in [1.29, 1.82) is 0 Å². The van der Waals surface area contributed by atoms with Crippen molar-refractivity contribution in [2.24, 2.45) is 0 Å². The van der Waals surface area contributed by atoms with Crippen molar-refractivity contribution in [1.82, 2.24) is 0 Å². The van der Waals surface area contributed by atoms with Gasteiger partial charge in [0.1, 0.15) is 0 Å². The van der Waals surface area contributed by atoms with E-state index >= 15 is 0 Å². The van der Waals surface area contributed by atoms with Crippen LogP contribution < -0.4 is 10.6 Å². The van der Waals surface area contributed by atoms with Gasteiger partial charge >= 0.3 is 0 Å². The summed E-state index contributed by atoms with van der Waals surface area (Å²) >= 11 is 5.87. The molecule has 17 heavy (non-hydrogen) atoms. The summed E-state index contributed by atoms with van der Waals surface area (Å²) in [4.78, 5) is 13.4. The average molecular weight is 251 g/mol. The molecule has 5 heteroatoms. The Hall–Kier alpha value is -1.94. The smallest absolute Gasteiger partial charge is 0.293 e. The molecule has 2 aromatic rings. The highest BCUT2D eigenvalue weighted by molar-refractivity contribution is 6.31. The Morgan fingerprint density at radius 2 is 2.18 bits per heavy atom. The summed E-state index contributed by atoms with van der Waals surface area (Å²) in [7, 11) is 1.62. The van der Waals surface area contributed by atoms with Gasteiger partial charge in [-0.2, -0.15) is 0 Å². The first-order valence-electron chi connectivity index (χ1n) is 4.96. The summed E-state index contributed by atoms with van der Waals surface area (Å²) in [6.45, 7) is 0. The molecule has 1 aromatic carbocycles. The lowest BCUT2D eigenvalue weighted by atomic mass is 10.2. The van der Waals surface area contributed by atoms with Gasteiger partial charge in [0.2, 0.25) is 0 Å². The summed E-state index contributed by atoms with van der Waals surface area (Å²) in [5, 5.41) is 0.522. The monoisotopic (exact) mass is 250 g/mol. The zero-order chi connectivity index (χ0) is 12.4. The number of nitrogen functional groups attached to an aromatic ring is 1. The molecule has 0 radical (unpaired) electrons. The number of rotatable bonds is 2. The van der Waals surface area contributed by atoms with Crippen LogP contribution in [0.1, 0.15) is 10.6 Å². The number of halogens is 1. The van der Waals surface area contributed by atoms with Crippen LogP contribution in [0.5, 0.6) is 0 Å². The minimum absolute atomic E-state index is 0.256. The van der Waals surface area contributed by atoms with Crippen LogP contribution in [0.2, 0.25) is 5.02 Å². The molecule has 2 N–H and O–H groups in total. The van der Waals surface area contributed by atoms with Crippen LogP contribution in [0, 0.1) is 0 Å². The highest BCUT2D eigenvalue weighted by Gasteiger charge is 2.17. The van der Waals surface area contributed by atoms with Gasteiger partial charge in [-0.3, -0.25) is 4.79 Å². The predicted molar refractivity (Wildman–Crippen MR) is 67.3 cm³/mol. The third-order valence-corrected chi connectivity index (χ3v) is 2.63. The molecule has 0 atom stereocenters. The van der Waals surface area contributed by atoms with Gasteiger partial charge in [-0.1, -0.05) is 11.6 Å². The largest absolute Gasteiger partial charge is 0.459 e. The number of furan rings is 1. The van der Waals surface area contributed by atoms with E-state index in [1.165, 1.54) is 11.2 Å². The van der Waals surface area contributed by atoms with Crippen LogP contribution in [0.25, 0.3) is 0 Å². The maximum Gasteiger partial charge on any atom is 0.293 e. The van der Waals surface area contributed by atoms with Crippen LogP contribution in [0.15, 0.2) is 41.0 Å². The van der Waals surface area contributed by atoms with Crippen LogP contribution in [-0.4, -0.2) is 13.0 Å². The molecule has 0 aliphatic heterocycles. The van der Waals surface area contributed by atoms with E-state index in [0.717, 1.165) is 0 Å². The van der Waals surface area contributed by atoms with Gasteiger partial charge in [0.15, 0.2) is 5.76 Å². The first-order valence-corrected chi connectivity index (χ1v) is 5.34. The molecule has 1 heterocycles. The Labute approximate surface area is 104 Å². The number of hydrogen-bond acceptors (Lipinski definition) is 3. The van der Waals surface area contributed by atoms with Crippen molar-refractivity contribution in [3.63, 3.8) is 0 Å². The van der Waals surface area contributed by atoms with E-state index in [1.807, 2.05) is 0 Å². The van der Waals surface area contributed by atoms with Gasteiger partial charge in [-0.15, -0.1) is 0 Å². The maximum atomic E-state index is 12.0. The Balaban J connectivity index is 2.34. The van der Waals surface area contributed by atoms with E-state index in [2.05, 4.69) is 0 Å². The van der Waals surface area contributed by atoms with Crippen molar-refractivity contribution in [3.8, 4) is 0 Å². The van der Waals surface area contributed by atoms with Gasteiger partial charge in [-0.05, 0) is 30.3 Å². The van der Waals surface area contributed by atoms with Gasteiger partial charge < -0.3 is 15.1 Å². The van der Waals surface area contributed by atoms with Crippen molar-refractivity contribution >= 4 is 28.9 Å². The number of nitrogens with zero attached hydrogens (tertiary/aromatic N) is 1. The first-order chi connectivity index (χ1) is 8.09. The lowest BCUT2D eigenvalue weighted by Crippen LogP contribution is -2.26. The van der Waals surface area contributed by atoms with Gasteiger partial charge in [0, 0.05) is 12.1 Å². The first kappa shape index (κ1) is 11.5.